The molecule has 5 rings (SSSR count). The molecule has 5 aliphatic rings. The molecule has 4 aliphatic carbocycles. The summed E-state index contributed by atoms with van der Waals surface area (Å²) >= 11 is 0. The zero-order valence-electron chi connectivity index (χ0n) is 18.3. The van der Waals surface area contributed by atoms with E-state index in [2.05, 4.69) is 0 Å². The van der Waals surface area contributed by atoms with Gasteiger partial charge in [0.2, 0.25) is 0 Å². The Kier molecular flexibility index (Phi) is 4.45. The molecule has 0 bridgehead atoms. The maximum absolute atomic E-state index is 17.1. The molecule has 9 atom stereocenters. The number of alkyl halides is 1. The van der Waals surface area contributed by atoms with Gasteiger partial charge in [0.25, 0.3) is 0 Å². The van der Waals surface area contributed by atoms with Crippen LogP contribution in [0.4, 0.5) is 4.39 Å². The lowest BCUT2D eigenvalue weighted by atomic mass is 9.45. The number of halogens is 1. The predicted molar refractivity (Wildman–Crippen MR) is 109 cm³/mol. The van der Waals surface area contributed by atoms with E-state index in [-0.39, 0.29) is 18.1 Å². The van der Waals surface area contributed by atoms with Gasteiger partial charge in [-0.05, 0) is 57.1 Å². The van der Waals surface area contributed by atoms with Crippen LogP contribution in [0.2, 0.25) is 0 Å². The van der Waals surface area contributed by atoms with Gasteiger partial charge in [0.05, 0.1) is 6.10 Å². The minimum atomic E-state index is -1.99. The quantitative estimate of drug-likeness (QED) is 0.708. The van der Waals surface area contributed by atoms with E-state index in [1.54, 1.807) is 13.0 Å². The standard InChI is InChI=1S/C24H31FO6/c1-4-5-19-30-18-11-16-15-7-6-13-10-14(26)8-9-21(13,2)23(15,25)17(27)12-22(16,3)24(18,31-19)20(28)29/h8-10,15-19,27H,4-7,11-12H2,1-3H3,(H,28,29)/t15-,16-,17-,18+,19?,21-,22-,23-,24-/m0/s1. The van der Waals surface area contributed by atoms with Gasteiger partial charge in [0, 0.05) is 16.7 Å². The molecule has 0 spiro atoms. The maximum Gasteiger partial charge on any atom is 0.339 e. The topological polar surface area (TPSA) is 93.1 Å². The Hall–Kier alpha value is -1.57. The van der Waals surface area contributed by atoms with Crippen molar-refractivity contribution < 1.29 is 33.7 Å². The van der Waals surface area contributed by atoms with Gasteiger partial charge in [-0.3, -0.25) is 4.79 Å². The van der Waals surface area contributed by atoms with E-state index in [0.717, 1.165) is 6.42 Å². The number of allylic oxidation sites excluding steroid dienone is 4. The number of carboxylic acid groups (broad SMARTS) is 1. The van der Waals surface area contributed by atoms with Crippen molar-refractivity contribution in [1.82, 2.24) is 0 Å². The molecule has 6 nitrogen and oxygen atoms in total. The van der Waals surface area contributed by atoms with E-state index in [1.807, 2.05) is 13.8 Å². The number of aliphatic carboxylic acids is 1. The van der Waals surface area contributed by atoms with Crippen LogP contribution in [0.15, 0.2) is 23.8 Å². The summed E-state index contributed by atoms with van der Waals surface area (Å²) in [5.41, 5.74) is -4.92. The van der Waals surface area contributed by atoms with Crippen LogP contribution in [-0.4, -0.2) is 51.7 Å². The summed E-state index contributed by atoms with van der Waals surface area (Å²) < 4.78 is 29.3. The number of carboxylic acids is 1. The van der Waals surface area contributed by atoms with Gasteiger partial charge in [0.1, 0.15) is 6.10 Å². The van der Waals surface area contributed by atoms with Crippen molar-refractivity contribution in [2.75, 3.05) is 0 Å². The first-order valence-electron chi connectivity index (χ1n) is 11.4. The number of rotatable bonds is 3. The molecule has 1 unspecified atom stereocenters. The fourth-order valence-corrected chi connectivity index (χ4v) is 7.76. The monoisotopic (exact) mass is 434 g/mol. The summed E-state index contributed by atoms with van der Waals surface area (Å²) in [5.74, 6) is -2.12. The smallest absolute Gasteiger partial charge is 0.339 e. The zero-order chi connectivity index (χ0) is 22.4. The molecular formula is C24H31FO6. The summed E-state index contributed by atoms with van der Waals surface area (Å²) in [6.07, 6.45) is 4.61. The second kappa shape index (κ2) is 6.49. The largest absolute Gasteiger partial charge is 0.479 e. The second-order valence-corrected chi connectivity index (χ2v) is 10.5. The van der Waals surface area contributed by atoms with Gasteiger partial charge >= 0.3 is 5.97 Å². The van der Waals surface area contributed by atoms with Crippen LogP contribution >= 0.6 is 0 Å². The van der Waals surface area contributed by atoms with Gasteiger partial charge in [-0.2, -0.15) is 0 Å². The van der Waals surface area contributed by atoms with Crippen molar-refractivity contribution >= 4 is 11.8 Å². The van der Waals surface area contributed by atoms with Crippen LogP contribution in [-0.2, 0) is 19.1 Å². The van der Waals surface area contributed by atoms with Gasteiger partial charge in [-0.25, -0.2) is 9.18 Å². The molecule has 170 valence electrons. The molecule has 3 saturated carbocycles. The van der Waals surface area contributed by atoms with Gasteiger partial charge in [-0.15, -0.1) is 0 Å². The Bertz CT molecular complexity index is 899. The fourth-order valence-electron chi connectivity index (χ4n) is 7.76. The summed E-state index contributed by atoms with van der Waals surface area (Å²) in [6, 6.07) is 0. The van der Waals surface area contributed by atoms with Crippen LogP contribution in [0.1, 0.15) is 59.3 Å². The van der Waals surface area contributed by atoms with E-state index in [0.29, 0.717) is 31.3 Å². The molecule has 0 aromatic carbocycles. The number of carbonyl (C=O) groups excluding carboxylic acids is 1. The molecule has 0 radical (unpaired) electrons. The lowest BCUT2D eigenvalue weighted by Crippen LogP contribution is -2.69. The lowest BCUT2D eigenvalue weighted by Gasteiger charge is -2.62. The Morgan fingerprint density at radius 3 is 2.74 bits per heavy atom. The van der Waals surface area contributed by atoms with Crippen molar-refractivity contribution in [3.63, 3.8) is 0 Å². The van der Waals surface area contributed by atoms with Crippen molar-refractivity contribution in [2.24, 2.45) is 22.7 Å². The van der Waals surface area contributed by atoms with Crippen LogP contribution < -0.4 is 0 Å². The molecule has 0 aromatic heterocycles. The molecule has 1 heterocycles. The zero-order valence-corrected chi connectivity index (χ0v) is 18.3. The highest BCUT2D eigenvalue weighted by atomic mass is 19.1. The van der Waals surface area contributed by atoms with Crippen LogP contribution in [0.25, 0.3) is 0 Å². The Labute approximate surface area is 181 Å². The third kappa shape index (κ3) is 2.32. The number of ketones is 1. The lowest BCUT2D eigenvalue weighted by molar-refractivity contribution is -0.236. The second-order valence-electron chi connectivity index (χ2n) is 10.5. The number of carbonyl (C=O) groups is 2. The Balaban J connectivity index is 1.59. The number of hydrogen-bond donors (Lipinski definition) is 2. The molecule has 0 aromatic rings. The average Bonchev–Trinajstić information content (AvgIpc) is 3.17. The molecular weight excluding hydrogens is 403 g/mol. The molecule has 1 aliphatic heterocycles. The molecule has 0 amide bonds. The first-order valence-corrected chi connectivity index (χ1v) is 11.4. The molecule has 1 saturated heterocycles. The molecule has 7 heteroatoms. The average molecular weight is 435 g/mol. The molecule has 31 heavy (non-hydrogen) atoms. The number of aliphatic hydroxyl groups is 1. The van der Waals surface area contributed by atoms with Crippen LogP contribution in [0, 0.1) is 22.7 Å². The molecule has 4 fully saturated rings. The normalized spacial score (nSPS) is 52.7. The van der Waals surface area contributed by atoms with E-state index in [9.17, 15) is 19.8 Å². The predicted octanol–water partition coefficient (Wildman–Crippen LogP) is 3.33. The van der Waals surface area contributed by atoms with Gasteiger partial charge in [-0.1, -0.05) is 31.9 Å². The third-order valence-electron chi connectivity index (χ3n) is 9.28. The summed E-state index contributed by atoms with van der Waals surface area (Å²) in [5, 5.41) is 21.7. The fraction of sp³-hybridized carbons (Fsp3) is 0.750. The van der Waals surface area contributed by atoms with E-state index in [4.69, 9.17) is 9.47 Å². The minimum absolute atomic E-state index is 0.0275. The summed E-state index contributed by atoms with van der Waals surface area (Å²) in [4.78, 5) is 24.6. The first kappa shape index (κ1) is 21.3. The van der Waals surface area contributed by atoms with Crippen molar-refractivity contribution in [1.29, 1.82) is 0 Å². The van der Waals surface area contributed by atoms with Crippen molar-refractivity contribution in [3.8, 4) is 0 Å². The number of fused-ring (bicyclic) bond motifs is 7. The number of aliphatic hydroxyl groups excluding tert-OH is 1. The summed E-state index contributed by atoms with van der Waals surface area (Å²) in [6.45, 7) is 5.57. The van der Waals surface area contributed by atoms with E-state index in [1.165, 1.54) is 12.2 Å². The molecule has 2 N–H and O–H groups in total. The van der Waals surface area contributed by atoms with Crippen molar-refractivity contribution in [2.45, 2.75) is 89.1 Å². The minimum Gasteiger partial charge on any atom is -0.479 e. The van der Waals surface area contributed by atoms with Gasteiger partial charge in [0.15, 0.2) is 23.3 Å². The maximum atomic E-state index is 17.1. The highest BCUT2D eigenvalue weighted by Gasteiger charge is 2.79. The highest BCUT2D eigenvalue weighted by molar-refractivity contribution is 6.01. The Morgan fingerprint density at radius 2 is 2.06 bits per heavy atom. The van der Waals surface area contributed by atoms with Crippen LogP contribution in [0.3, 0.4) is 0 Å². The third-order valence-corrected chi connectivity index (χ3v) is 9.28. The summed E-state index contributed by atoms with van der Waals surface area (Å²) in [7, 11) is 0. The van der Waals surface area contributed by atoms with Gasteiger partial charge < -0.3 is 19.7 Å². The highest BCUT2D eigenvalue weighted by Crippen LogP contribution is 2.71. The van der Waals surface area contributed by atoms with Crippen LogP contribution in [0.5, 0.6) is 0 Å². The van der Waals surface area contributed by atoms with E-state index < -0.39 is 52.5 Å². The first-order chi connectivity index (χ1) is 14.5. The Morgan fingerprint density at radius 1 is 1.32 bits per heavy atom. The number of hydrogen-bond acceptors (Lipinski definition) is 5. The SMILES string of the molecule is CCCC1O[C@@H]2C[C@H]3[C@@H]4CCC5=CC(=O)C=C[C@]5(C)[C@@]4(F)[C@@H](O)C[C@]3(C)[C@]2(C(=O)O)O1. The van der Waals surface area contributed by atoms with Crippen molar-refractivity contribution in [3.05, 3.63) is 23.8 Å². The number of ether oxygens (including phenoxy) is 2. The van der Waals surface area contributed by atoms with E-state index >= 15 is 4.39 Å².